The Labute approximate surface area is 102 Å². The minimum absolute atomic E-state index is 0.739. The van der Waals surface area contributed by atoms with Gasteiger partial charge in [-0.3, -0.25) is 0 Å². The first kappa shape index (κ1) is 17.4. The van der Waals surface area contributed by atoms with Crippen molar-refractivity contribution in [1.29, 1.82) is 0 Å². The summed E-state index contributed by atoms with van der Waals surface area (Å²) in [5, 5.41) is 0. The van der Waals surface area contributed by atoms with Crippen molar-refractivity contribution >= 4 is 0 Å². The normalized spacial score (nSPS) is 19.5. The zero-order chi connectivity index (χ0) is 13.1. The number of ether oxygens (including phenoxy) is 1. The molecule has 1 aliphatic rings. The van der Waals surface area contributed by atoms with Crippen LogP contribution in [0.1, 0.15) is 55.4 Å². The van der Waals surface area contributed by atoms with Crippen LogP contribution in [0.25, 0.3) is 0 Å². The lowest BCUT2D eigenvalue weighted by atomic mass is 9.98. The average molecular weight is 224 g/mol. The summed E-state index contributed by atoms with van der Waals surface area (Å²) < 4.78 is 5.55. The molecule has 0 aromatic carbocycles. The zero-order valence-corrected chi connectivity index (χ0v) is 12.3. The molecule has 0 saturated carbocycles. The van der Waals surface area contributed by atoms with Gasteiger partial charge in [0.25, 0.3) is 0 Å². The van der Waals surface area contributed by atoms with Crippen LogP contribution in [-0.4, -0.2) is 6.61 Å². The van der Waals surface area contributed by atoms with Crippen molar-refractivity contribution in [3.05, 3.63) is 34.6 Å². The molecule has 1 heterocycles. The van der Waals surface area contributed by atoms with E-state index in [4.69, 9.17) is 4.74 Å². The summed E-state index contributed by atoms with van der Waals surface area (Å²) in [7, 11) is 0. The summed E-state index contributed by atoms with van der Waals surface area (Å²) in [6.45, 7) is 17.1. The molecule has 0 radical (unpaired) electrons. The molecule has 0 aromatic heterocycles. The van der Waals surface area contributed by atoms with E-state index in [1.54, 1.807) is 0 Å². The minimum Gasteiger partial charge on any atom is -0.489 e. The highest BCUT2D eigenvalue weighted by Gasteiger charge is 2.14. The monoisotopic (exact) mass is 224 g/mol. The van der Waals surface area contributed by atoms with E-state index in [0.29, 0.717) is 0 Å². The molecule has 94 valence electrons. The molecule has 0 amide bonds. The van der Waals surface area contributed by atoms with Crippen molar-refractivity contribution in [3.8, 4) is 0 Å². The molecule has 0 spiro atoms. The van der Waals surface area contributed by atoms with Gasteiger partial charge in [-0.05, 0) is 44.9 Å². The molecule has 1 heteroatoms. The highest BCUT2D eigenvalue weighted by atomic mass is 16.5. The van der Waals surface area contributed by atoms with Crippen LogP contribution in [-0.2, 0) is 4.74 Å². The molecular weight excluding hydrogens is 196 g/mol. The van der Waals surface area contributed by atoms with Gasteiger partial charge in [0.05, 0.1) is 0 Å². The topological polar surface area (TPSA) is 9.23 Å². The van der Waals surface area contributed by atoms with Crippen molar-refractivity contribution in [2.45, 2.75) is 55.4 Å². The lowest BCUT2D eigenvalue weighted by molar-refractivity contribution is 0.239. The number of hydrogen-bond acceptors (Lipinski definition) is 1. The predicted molar refractivity (Wildman–Crippen MR) is 74.5 cm³/mol. The summed E-state index contributed by atoms with van der Waals surface area (Å²) in [5.41, 5.74) is 3.92. The highest BCUT2D eigenvalue weighted by Crippen LogP contribution is 2.28. The standard InChI is InChI=1S/C11H16O.2C2H6/c1-5-10-9(4)8(3)7-12-11(10)6-2;2*1-2/h5-6H,7H2,1-4H3;2*1-2H3/b10-5-,11-6+;;. The number of rotatable bonds is 0. The average Bonchev–Trinajstić information content (AvgIpc) is 2.37. The van der Waals surface area contributed by atoms with Crippen LogP contribution in [0.3, 0.4) is 0 Å². The second kappa shape index (κ2) is 10.5. The maximum Gasteiger partial charge on any atom is 0.122 e. The molecule has 1 rings (SSSR count). The van der Waals surface area contributed by atoms with E-state index in [2.05, 4.69) is 19.9 Å². The van der Waals surface area contributed by atoms with Gasteiger partial charge < -0.3 is 4.74 Å². The summed E-state index contributed by atoms with van der Waals surface area (Å²) >= 11 is 0. The second-order valence-electron chi connectivity index (χ2n) is 3.05. The van der Waals surface area contributed by atoms with Crippen LogP contribution < -0.4 is 0 Å². The van der Waals surface area contributed by atoms with E-state index in [1.807, 2.05) is 47.6 Å². The first-order valence-corrected chi connectivity index (χ1v) is 6.33. The number of hydrogen-bond donors (Lipinski definition) is 0. The predicted octanol–water partition coefficient (Wildman–Crippen LogP) is 5.26. The Morgan fingerprint density at radius 1 is 0.938 bits per heavy atom. The summed E-state index contributed by atoms with van der Waals surface area (Å²) in [6, 6.07) is 0. The second-order valence-corrected chi connectivity index (χ2v) is 3.05. The Hall–Kier alpha value is -0.980. The summed E-state index contributed by atoms with van der Waals surface area (Å²) in [5.74, 6) is 1.01. The zero-order valence-electron chi connectivity index (χ0n) is 12.3. The quantitative estimate of drug-likeness (QED) is 0.545. The molecule has 1 aliphatic heterocycles. The van der Waals surface area contributed by atoms with Crippen molar-refractivity contribution < 1.29 is 4.74 Å². The van der Waals surface area contributed by atoms with E-state index in [0.717, 1.165) is 12.4 Å². The Morgan fingerprint density at radius 2 is 1.44 bits per heavy atom. The van der Waals surface area contributed by atoms with E-state index < -0.39 is 0 Å². The van der Waals surface area contributed by atoms with Gasteiger partial charge in [0.2, 0.25) is 0 Å². The Kier molecular flexibility index (Phi) is 11.5. The molecule has 0 aromatic rings. The van der Waals surface area contributed by atoms with Crippen molar-refractivity contribution in [3.63, 3.8) is 0 Å². The largest absolute Gasteiger partial charge is 0.489 e. The fourth-order valence-electron chi connectivity index (χ4n) is 1.38. The lowest BCUT2D eigenvalue weighted by Gasteiger charge is -2.22. The van der Waals surface area contributed by atoms with Crippen molar-refractivity contribution in [1.82, 2.24) is 0 Å². The van der Waals surface area contributed by atoms with E-state index in [9.17, 15) is 0 Å². The molecule has 0 atom stereocenters. The Balaban J connectivity index is 0. The van der Waals surface area contributed by atoms with Gasteiger partial charge in [-0.2, -0.15) is 0 Å². The van der Waals surface area contributed by atoms with Gasteiger partial charge in [0.15, 0.2) is 0 Å². The van der Waals surface area contributed by atoms with Crippen LogP contribution in [0.15, 0.2) is 34.6 Å². The van der Waals surface area contributed by atoms with Gasteiger partial charge in [-0.1, -0.05) is 33.8 Å². The summed E-state index contributed by atoms with van der Waals surface area (Å²) in [4.78, 5) is 0. The SMILES string of the molecule is C/C=C1/C(C)=C(C)CO/C1=C/C.CC.CC. The van der Waals surface area contributed by atoms with Crippen LogP contribution in [0.2, 0.25) is 0 Å². The Morgan fingerprint density at radius 3 is 1.81 bits per heavy atom. The molecule has 1 nitrogen and oxygen atoms in total. The molecule has 16 heavy (non-hydrogen) atoms. The fourth-order valence-corrected chi connectivity index (χ4v) is 1.38. The highest BCUT2D eigenvalue weighted by molar-refractivity contribution is 5.46. The van der Waals surface area contributed by atoms with Crippen molar-refractivity contribution in [2.75, 3.05) is 6.61 Å². The van der Waals surface area contributed by atoms with Crippen LogP contribution in [0.4, 0.5) is 0 Å². The van der Waals surface area contributed by atoms with Gasteiger partial charge in [0, 0.05) is 5.57 Å². The molecule has 0 bridgehead atoms. The van der Waals surface area contributed by atoms with E-state index in [-0.39, 0.29) is 0 Å². The first-order valence-electron chi connectivity index (χ1n) is 6.33. The van der Waals surface area contributed by atoms with Gasteiger partial charge >= 0.3 is 0 Å². The van der Waals surface area contributed by atoms with E-state index in [1.165, 1.54) is 16.7 Å². The molecule has 0 aliphatic carbocycles. The maximum absolute atomic E-state index is 5.55. The van der Waals surface area contributed by atoms with Crippen LogP contribution in [0, 0.1) is 0 Å². The lowest BCUT2D eigenvalue weighted by Crippen LogP contribution is -2.09. The molecule has 0 fully saturated rings. The van der Waals surface area contributed by atoms with Gasteiger partial charge in [0.1, 0.15) is 12.4 Å². The first-order chi connectivity index (χ1) is 7.70. The molecular formula is C15H28O. The minimum atomic E-state index is 0.739. The van der Waals surface area contributed by atoms with Crippen LogP contribution >= 0.6 is 0 Å². The third-order valence-corrected chi connectivity index (χ3v) is 2.30. The van der Waals surface area contributed by atoms with Crippen molar-refractivity contribution in [2.24, 2.45) is 0 Å². The Bertz CT molecular complexity index is 267. The maximum atomic E-state index is 5.55. The molecule has 0 saturated heterocycles. The van der Waals surface area contributed by atoms with Crippen LogP contribution in [0.5, 0.6) is 0 Å². The number of allylic oxidation sites excluding steroid dienone is 3. The molecule has 0 unspecified atom stereocenters. The fraction of sp³-hybridized carbons (Fsp3) is 0.600. The van der Waals surface area contributed by atoms with Gasteiger partial charge in [-0.25, -0.2) is 0 Å². The van der Waals surface area contributed by atoms with E-state index >= 15 is 0 Å². The third-order valence-electron chi connectivity index (χ3n) is 2.30. The van der Waals surface area contributed by atoms with Gasteiger partial charge in [-0.15, -0.1) is 0 Å². The molecule has 0 N–H and O–H groups in total. The third kappa shape index (κ3) is 4.69. The summed E-state index contributed by atoms with van der Waals surface area (Å²) in [6.07, 6.45) is 4.12. The smallest absolute Gasteiger partial charge is 0.122 e.